The molecule has 0 radical (unpaired) electrons. The molecule has 0 aliphatic carbocycles. The van der Waals surface area contributed by atoms with Crippen molar-refractivity contribution in [2.75, 3.05) is 0 Å². The van der Waals surface area contributed by atoms with E-state index in [0.29, 0.717) is 0 Å². The zero-order chi connectivity index (χ0) is 35.6. The second-order valence-electron chi connectivity index (χ2n) is 14.5. The molecule has 1 atom stereocenters. The van der Waals surface area contributed by atoms with Gasteiger partial charge in [0.25, 0.3) is 0 Å². The van der Waals surface area contributed by atoms with Crippen LogP contribution in [0.15, 0.2) is 182 Å². The van der Waals surface area contributed by atoms with Gasteiger partial charge in [-0.3, -0.25) is 4.57 Å². The van der Waals surface area contributed by atoms with Crippen LogP contribution in [0.25, 0.3) is 60.9 Å². The Morgan fingerprint density at radius 3 is 1.85 bits per heavy atom. The van der Waals surface area contributed by atoms with Crippen molar-refractivity contribution in [2.45, 2.75) is 18.8 Å². The van der Waals surface area contributed by atoms with Crippen LogP contribution in [0.5, 0.6) is 23.0 Å². The maximum Gasteiger partial charge on any atom is 0.155 e. The van der Waals surface area contributed by atoms with Crippen molar-refractivity contribution >= 4 is 21.8 Å². The van der Waals surface area contributed by atoms with E-state index in [9.17, 15) is 0 Å². The smallest absolute Gasteiger partial charge is 0.155 e. The summed E-state index contributed by atoms with van der Waals surface area (Å²) >= 11 is 0. The van der Waals surface area contributed by atoms with Crippen molar-refractivity contribution in [3.8, 4) is 62.1 Å². The van der Waals surface area contributed by atoms with Gasteiger partial charge in [0.05, 0.1) is 11.0 Å². The van der Waals surface area contributed by atoms with Crippen LogP contribution in [0.1, 0.15) is 22.6 Å². The number of ether oxygens (including phenoxy) is 2. The fourth-order valence-electron chi connectivity index (χ4n) is 8.69. The summed E-state index contributed by atoms with van der Waals surface area (Å²) < 4.78 is 15.3. The Bertz CT molecular complexity index is 2870. The third-order valence-corrected chi connectivity index (χ3v) is 11.2. The quantitative estimate of drug-likeness (QED) is 0.158. The molecule has 54 heavy (non-hydrogen) atoms. The number of nitrogens with zero attached hydrogens (tertiary/aromatic N) is 1. The molecule has 0 saturated heterocycles. The zero-order valence-electron chi connectivity index (χ0n) is 29.6. The molecular weight excluding hydrogens is 659 g/mol. The first-order chi connectivity index (χ1) is 26.7. The molecule has 8 aromatic carbocycles. The number of benzene rings is 8. The summed E-state index contributed by atoms with van der Waals surface area (Å²) in [5.74, 6) is 3.67. The van der Waals surface area contributed by atoms with E-state index >= 15 is 0 Å². The molecule has 0 bridgehead atoms. The lowest BCUT2D eigenvalue weighted by Crippen LogP contribution is -2.09. The van der Waals surface area contributed by atoms with Crippen molar-refractivity contribution < 1.29 is 9.47 Å². The molecule has 1 unspecified atom stereocenters. The van der Waals surface area contributed by atoms with Gasteiger partial charge >= 0.3 is 0 Å². The number of hydrogen-bond donors (Lipinski definition) is 0. The number of rotatable bonds is 8. The van der Waals surface area contributed by atoms with Gasteiger partial charge in [-0.15, -0.1) is 0 Å². The van der Waals surface area contributed by atoms with Crippen molar-refractivity contribution in [2.24, 2.45) is 0 Å². The Balaban J connectivity index is 0.970. The summed E-state index contributed by atoms with van der Waals surface area (Å²) in [6.07, 6.45) is 1.85. The van der Waals surface area contributed by atoms with E-state index in [0.717, 1.165) is 58.1 Å². The SMILES string of the molecule is c1ccc(-c2cccc(C(Cc3ccc(-c4cc5c6c(c4)c4cccc7c4n6-c4c(cccc4O5)O7)cc3)Cc3ccccc3-c3ccccc3)c2)cc1. The van der Waals surface area contributed by atoms with Gasteiger partial charge in [-0.2, -0.15) is 0 Å². The van der Waals surface area contributed by atoms with Gasteiger partial charge in [-0.25, -0.2) is 0 Å². The Kier molecular flexibility index (Phi) is 7.06. The summed E-state index contributed by atoms with van der Waals surface area (Å²) in [6, 6.07) is 65.6. The van der Waals surface area contributed by atoms with Crippen molar-refractivity contribution in [3.63, 3.8) is 0 Å². The highest BCUT2D eigenvalue weighted by atomic mass is 16.5. The van der Waals surface area contributed by atoms with Crippen LogP contribution >= 0.6 is 0 Å². The minimum absolute atomic E-state index is 0.278. The molecule has 2 aliphatic heterocycles. The monoisotopic (exact) mass is 693 g/mol. The maximum absolute atomic E-state index is 6.62. The standard InChI is InChI=1S/C51H35NO2/c1-3-12-34(13-4-1)37-17-9-18-38(29-37)40(30-39-16-7-8-19-42(39)36-14-5-2-6-15-36)28-33-24-26-35(27-25-33)41-31-44-43-20-10-21-45-49(43)52-50(44)48(32-41)54-47-23-11-22-46(53-45)51(47)52/h1-27,29,31-32,40H,28,30H2. The van der Waals surface area contributed by atoms with E-state index in [4.69, 9.17) is 9.47 Å². The molecular formula is C51H35NO2. The van der Waals surface area contributed by atoms with Gasteiger partial charge in [0.2, 0.25) is 0 Å². The van der Waals surface area contributed by atoms with Crippen LogP contribution in [0.2, 0.25) is 0 Å². The fourth-order valence-corrected chi connectivity index (χ4v) is 8.69. The van der Waals surface area contributed by atoms with Gasteiger partial charge in [0.15, 0.2) is 23.0 Å². The molecule has 2 aliphatic rings. The first kappa shape index (κ1) is 30.8. The molecule has 0 saturated carbocycles. The summed E-state index contributed by atoms with van der Waals surface area (Å²) in [6.45, 7) is 0. The Morgan fingerprint density at radius 1 is 0.407 bits per heavy atom. The van der Waals surface area contributed by atoms with Crippen LogP contribution < -0.4 is 9.47 Å². The Hall–Kier alpha value is -6.84. The average Bonchev–Trinajstić information content (AvgIpc) is 3.58. The highest BCUT2D eigenvalue weighted by Crippen LogP contribution is 2.54. The number of hydrogen-bond acceptors (Lipinski definition) is 2. The van der Waals surface area contributed by atoms with Gasteiger partial charge in [-0.05, 0) is 99.2 Å². The lowest BCUT2D eigenvalue weighted by atomic mass is 9.83. The minimum Gasteiger partial charge on any atom is -0.453 e. The lowest BCUT2D eigenvalue weighted by molar-refractivity contribution is 0.444. The first-order valence-corrected chi connectivity index (χ1v) is 18.7. The summed E-state index contributed by atoms with van der Waals surface area (Å²) in [4.78, 5) is 0. The minimum atomic E-state index is 0.278. The predicted molar refractivity (Wildman–Crippen MR) is 220 cm³/mol. The van der Waals surface area contributed by atoms with Crippen molar-refractivity contribution in [1.29, 1.82) is 0 Å². The van der Waals surface area contributed by atoms with Crippen molar-refractivity contribution in [1.82, 2.24) is 4.57 Å². The van der Waals surface area contributed by atoms with E-state index in [2.05, 4.69) is 168 Å². The lowest BCUT2D eigenvalue weighted by Gasteiger charge is -2.27. The van der Waals surface area contributed by atoms with Crippen LogP contribution in [0, 0.1) is 0 Å². The zero-order valence-corrected chi connectivity index (χ0v) is 29.6. The molecule has 256 valence electrons. The van der Waals surface area contributed by atoms with Crippen LogP contribution in [-0.2, 0) is 12.8 Å². The second kappa shape index (κ2) is 12.4. The van der Waals surface area contributed by atoms with E-state index < -0.39 is 0 Å². The average molecular weight is 694 g/mol. The highest BCUT2D eigenvalue weighted by molar-refractivity contribution is 6.15. The van der Waals surface area contributed by atoms with Crippen LogP contribution in [0.3, 0.4) is 0 Å². The van der Waals surface area contributed by atoms with Crippen LogP contribution in [-0.4, -0.2) is 4.57 Å². The molecule has 1 aromatic heterocycles. The summed E-state index contributed by atoms with van der Waals surface area (Å²) in [5.41, 5.74) is 14.6. The Labute approximate surface area is 314 Å². The Morgan fingerprint density at radius 2 is 1.04 bits per heavy atom. The number of fused-ring (bicyclic) bond motifs is 1. The van der Waals surface area contributed by atoms with Gasteiger partial charge in [-0.1, -0.05) is 152 Å². The second-order valence-corrected chi connectivity index (χ2v) is 14.5. The van der Waals surface area contributed by atoms with Gasteiger partial charge in [0, 0.05) is 10.8 Å². The third-order valence-electron chi connectivity index (χ3n) is 11.2. The summed E-state index contributed by atoms with van der Waals surface area (Å²) in [7, 11) is 0. The molecule has 9 aromatic rings. The first-order valence-electron chi connectivity index (χ1n) is 18.7. The fraction of sp³-hybridized carbons (Fsp3) is 0.0588. The predicted octanol–water partition coefficient (Wildman–Crippen LogP) is 13.6. The number of aromatic nitrogens is 1. The van der Waals surface area contributed by atoms with E-state index in [1.165, 1.54) is 55.3 Å². The molecule has 0 spiro atoms. The molecule has 3 nitrogen and oxygen atoms in total. The topological polar surface area (TPSA) is 23.4 Å². The molecule has 0 amide bonds. The van der Waals surface area contributed by atoms with Gasteiger partial charge in [0.1, 0.15) is 5.69 Å². The third kappa shape index (κ3) is 5.04. The van der Waals surface area contributed by atoms with Gasteiger partial charge < -0.3 is 9.47 Å². The normalized spacial score (nSPS) is 12.8. The van der Waals surface area contributed by atoms with E-state index in [-0.39, 0.29) is 5.92 Å². The molecule has 3 heterocycles. The summed E-state index contributed by atoms with van der Waals surface area (Å²) in [5, 5.41) is 2.34. The maximum atomic E-state index is 6.62. The van der Waals surface area contributed by atoms with Crippen LogP contribution in [0.4, 0.5) is 0 Å². The molecule has 3 heteroatoms. The molecule has 0 N–H and O–H groups in total. The largest absolute Gasteiger partial charge is 0.453 e. The highest BCUT2D eigenvalue weighted by Gasteiger charge is 2.32. The van der Waals surface area contributed by atoms with E-state index in [1.807, 2.05) is 18.2 Å². The number of para-hydroxylation sites is 2. The van der Waals surface area contributed by atoms with Crippen molar-refractivity contribution in [3.05, 3.63) is 199 Å². The molecule has 0 fully saturated rings. The molecule has 11 rings (SSSR count). The van der Waals surface area contributed by atoms with E-state index in [1.54, 1.807) is 0 Å².